The molecule has 5 nitrogen and oxygen atoms in total. The summed E-state index contributed by atoms with van der Waals surface area (Å²) in [6.07, 6.45) is 6.85. The summed E-state index contributed by atoms with van der Waals surface area (Å²) in [6, 6.07) is 1.06. The van der Waals surface area contributed by atoms with Crippen LogP contribution in [0.1, 0.15) is 52.4 Å². The third-order valence-electron chi connectivity index (χ3n) is 4.07. The van der Waals surface area contributed by atoms with E-state index in [0.29, 0.717) is 18.3 Å². The summed E-state index contributed by atoms with van der Waals surface area (Å²) in [5.41, 5.74) is 5.54. The van der Waals surface area contributed by atoms with Gasteiger partial charge in [-0.3, -0.25) is 0 Å². The zero-order chi connectivity index (χ0) is 14.1. The summed E-state index contributed by atoms with van der Waals surface area (Å²) < 4.78 is 0. The zero-order valence-electron chi connectivity index (χ0n) is 12.4. The first-order chi connectivity index (χ1) is 9.17. The van der Waals surface area contributed by atoms with Crippen LogP contribution in [0.15, 0.2) is 5.16 Å². The van der Waals surface area contributed by atoms with E-state index in [1.807, 2.05) is 0 Å². The number of likely N-dealkylation sites (tertiary alicyclic amines) is 1. The summed E-state index contributed by atoms with van der Waals surface area (Å²) in [5, 5.41) is 15.1. The number of hydrogen-bond acceptors (Lipinski definition) is 4. The summed E-state index contributed by atoms with van der Waals surface area (Å²) in [5.74, 6) is 0.309. The van der Waals surface area contributed by atoms with E-state index in [4.69, 9.17) is 10.9 Å². The number of nitrogens with two attached hydrogens (primary N) is 1. The quantitative estimate of drug-likeness (QED) is 0.206. The molecule has 5 heteroatoms. The van der Waals surface area contributed by atoms with Crippen molar-refractivity contribution in [2.24, 2.45) is 10.9 Å². The van der Waals surface area contributed by atoms with Crippen LogP contribution < -0.4 is 11.1 Å². The van der Waals surface area contributed by atoms with Crippen molar-refractivity contribution in [2.45, 2.75) is 64.5 Å². The Morgan fingerprint density at radius 1 is 1.53 bits per heavy atom. The SMILES string of the molecule is CCC(CC(N)=NO)NCCCN1CCCCC1C. The normalized spacial score (nSPS) is 23.5. The van der Waals surface area contributed by atoms with Gasteiger partial charge in [0.05, 0.1) is 0 Å². The third-order valence-corrected chi connectivity index (χ3v) is 4.07. The average molecular weight is 270 g/mol. The Balaban J connectivity index is 2.14. The molecular formula is C14H30N4O. The summed E-state index contributed by atoms with van der Waals surface area (Å²) in [6.45, 7) is 7.88. The van der Waals surface area contributed by atoms with Gasteiger partial charge in [-0.1, -0.05) is 18.5 Å². The lowest BCUT2D eigenvalue weighted by molar-refractivity contribution is 0.158. The van der Waals surface area contributed by atoms with E-state index in [1.54, 1.807) is 0 Å². The van der Waals surface area contributed by atoms with E-state index in [2.05, 4.69) is 29.2 Å². The fourth-order valence-electron chi connectivity index (χ4n) is 2.73. The first-order valence-corrected chi connectivity index (χ1v) is 7.61. The predicted molar refractivity (Wildman–Crippen MR) is 79.6 cm³/mol. The van der Waals surface area contributed by atoms with Gasteiger partial charge in [-0.05, 0) is 52.2 Å². The maximum atomic E-state index is 8.58. The second kappa shape index (κ2) is 9.15. The molecular weight excluding hydrogens is 240 g/mol. The molecule has 0 amide bonds. The molecule has 0 spiro atoms. The molecule has 4 N–H and O–H groups in total. The van der Waals surface area contributed by atoms with Crippen LogP contribution in [0.3, 0.4) is 0 Å². The molecule has 2 atom stereocenters. The van der Waals surface area contributed by atoms with Crippen LogP contribution in [0.4, 0.5) is 0 Å². The number of nitrogens with zero attached hydrogens (tertiary/aromatic N) is 2. The molecule has 0 saturated carbocycles. The van der Waals surface area contributed by atoms with Crippen molar-refractivity contribution in [3.63, 3.8) is 0 Å². The lowest BCUT2D eigenvalue weighted by Crippen LogP contribution is -2.40. The lowest BCUT2D eigenvalue weighted by Gasteiger charge is -2.33. The molecule has 0 aromatic heterocycles. The van der Waals surface area contributed by atoms with Crippen LogP contribution in [0, 0.1) is 0 Å². The van der Waals surface area contributed by atoms with E-state index in [0.717, 1.165) is 25.4 Å². The van der Waals surface area contributed by atoms with Crippen molar-refractivity contribution < 1.29 is 5.21 Å². The number of amidine groups is 1. The van der Waals surface area contributed by atoms with Crippen molar-refractivity contribution in [3.8, 4) is 0 Å². The van der Waals surface area contributed by atoms with E-state index < -0.39 is 0 Å². The number of nitrogens with one attached hydrogen (secondary N) is 1. The lowest BCUT2D eigenvalue weighted by atomic mass is 10.0. The van der Waals surface area contributed by atoms with Gasteiger partial charge in [-0.25, -0.2) is 0 Å². The van der Waals surface area contributed by atoms with E-state index >= 15 is 0 Å². The molecule has 0 aromatic rings. The van der Waals surface area contributed by atoms with Gasteiger partial charge < -0.3 is 21.2 Å². The molecule has 1 aliphatic heterocycles. The second-order valence-electron chi connectivity index (χ2n) is 5.59. The predicted octanol–water partition coefficient (Wildman–Crippen LogP) is 1.76. The summed E-state index contributed by atoms with van der Waals surface area (Å²) in [4.78, 5) is 2.59. The molecule has 0 aromatic carbocycles. The largest absolute Gasteiger partial charge is 0.409 e. The Labute approximate surface area is 117 Å². The molecule has 1 fully saturated rings. The van der Waals surface area contributed by atoms with E-state index in [9.17, 15) is 0 Å². The van der Waals surface area contributed by atoms with Crippen molar-refractivity contribution in [1.29, 1.82) is 0 Å². The van der Waals surface area contributed by atoms with Gasteiger partial charge in [-0.15, -0.1) is 0 Å². The average Bonchev–Trinajstić information content (AvgIpc) is 2.43. The Morgan fingerprint density at radius 2 is 2.32 bits per heavy atom. The number of oxime groups is 1. The van der Waals surface area contributed by atoms with Crippen molar-refractivity contribution in [2.75, 3.05) is 19.6 Å². The Bertz CT molecular complexity index is 270. The summed E-state index contributed by atoms with van der Waals surface area (Å²) in [7, 11) is 0. The highest BCUT2D eigenvalue weighted by molar-refractivity contribution is 5.80. The molecule has 0 radical (unpaired) electrons. The van der Waals surface area contributed by atoms with Crippen LogP contribution >= 0.6 is 0 Å². The minimum absolute atomic E-state index is 0.309. The molecule has 1 aliphatic rings. The van der Waals surface area contributed by atoms with Gasteiger partial charge in [0.2, 0.25) is 0 Å². The standard InChI is InChI=1S/C14H30N4O/c1-3-13(11-14(15)17-19)16-8-6-10-18-9-5-4-7-12(18)2/h12-13,16,19H,3-11H2,1-2H3,(H2,15,17). The molecule has 19 heavy (non-hydrogen) atoms. The van der Waals surface area contributed by atoms with Gasteiger partial charge in [0, 0.05) is 18.5 Å². The Hall–Kier alpha value is -0.810. The maximum Gasteiger partial charge on any atom is 0.140 e. The van der Waals surface area contributed by atoms with Gasteiger partial charge >= 0.3 is 0 Å². The fraction of sp³-hybridized carbons (Fsp3) is 0.929. The number of piperidine rings is 1. The van der Waals surface area contributed by atoms with Crippen molar-refractivity contribution in [3.05, 3.63) is 0 Å². The highest BCUT2D eigenvalue weighted by Gasteiger charge is 2.17. The summed E-state index contributed by atoms with van der Waals surface area (Å²) >= 11 is 0. The third kappa shape index (κ3) is 6.25. The molecule has 1 saturated heterocycles. The van der Waals surface area contributed by atoms with Crippen molar-refractivity contribution in [1.82, 2.24) is 10.2 Å². The molecule has 0 aliphatic carbocycles. The van der Waals surface area contributed by atoms with E-state index in [1.165, 1.54) is 32.4 Å². The molecule has 2 unspecified atom stereocenters. The Kier molecular flexibility index (Phi) is 7.82. The fourth-order valence-corrected chi connectivity index (χ4v) is 2.73. The molecule has 0 bridgehead atoms. The van der Waals surface area contributed by atoms with Gasteiger partial charge in [0.25, 0.3) is 0 Å². The highest BCUT2D eigenvalue weighted by atomic mass is 16.4. The van der Waals surface area contributed by atoms with Crippen LogP contribution in [0.2, 0.25) is 0 Å². The van der Waals surface area contributed by atoms with Crippen molar-refractivity contribution >= 4 is 5.84 Å². The molecule has 112 valence electrons. The van der Waals surface area contributed by atoms with Crippen LogP contribution in [-0.2, 0) is 0 Å². The minimum atomic E-state index is 0.309. The smallest absolute Gasteiger partial charge is 0.140 e. The van der Waals surface area contributed by atoms with Crippen LogP contribution in [-0.4, -0.2) is 47.7 Å². The number of rotatable bonds is 8. The van der Waals surface area contributed by atoms with Gasteiger partial charge in [0.1, 0.15) is 5.84 Å². The first-order valence-electron chi connectivity index (χ1n) is 7.61. The van der Waals surface area contributed by atoms with Crippen LogP contribution in [0.25, 0.3) is 0 Å². The Morgan fingerprint density at radius 3 is 2.95 bits per heavy atom. The van der Waals surface area contributed by atoms with Gasteiger partial charge in [0.15, 0.2) is 0 Å². The van der Waals surface area contributed by atoms with Gasteiger partial charge in [-0.2, -0.15) is 0 Å². The molecule has 1 rings (SSSR count). The highest BCUT2D eigenvalue weighted by Crippen LogP contribution is 2.16. The van der Waals surface area contributed by atoms with E-state index in [-0.39, 0.29) is 0 Å². The monoisotopic (exact) mass is 270 g/mol. The number of hydrogen-bond donors (Lipinski definition) is 3. The topological polar surface area (TPSA) is 73.9 Å². The second-order valence-corrected chi connectivity index (χ2v) is 5.59. The minimum Gasteiger partial charge on any atom is -0.409 e. The van der Waals surface area contributed by atoms with Crippen LogP contribution in [0.5, 0.6) is 0 Å². The molecule has 1 heterocycles. The zero-order valence-corrected chi connectivity index (χ0v) is 12.4. The maximum absolute atomic E-state index is 8.58. The first kappa shape index (κ1) is 16.2.